The molecule has 0 aliphatic carbocycles. The van der Waals surface area contributed by atoms with Gasteiger partial charge in [-0.25, -0.2) is 0 Å². The van der Waals surface area contributed by atoms with Gasteiger partial charge in [-0.2, -0.15) is 13.2 Å². The van der Waals surface area contributed by atoms with Crippen molar-refractivity contribution in [2.75, 3.05) is 6.54 Å². The highest BCUT2D eigenvalue weighted by Crippen LogP contribution is 2.32. The first-order valence-corrected chi connectivity index (χ1v) is 7.03. The zero-order chi connectivity index (χ0) is 14.6. The summed E-state index contributed by atoms with van der Waals surface area (Å²) in [4.78, 5) is 0. The van der Waals surface area contributed by atoms with Gasteiger partial charge in [-0.05, 0) is 25.1 Å². The second kappa shape index (κ2) is 6.32. The van der Waals surface area contributed by atoms with E-state index in [4.69, 9.17) is 0 Å². The number of nitrogens with zero attached hydrogens (tertiary/aromatic N) is 2. The number of alkyl halides is 3. The fourth-order valence-corrected chi connectivity index (χ4v) is 2.45. The SMILES string of the molecule is CCCNCc1nnc(-c2cccc(C(F)(F)F)c2)s1. The fourth-order valence-electron chi connectivity index (χ4n) is 1.64. The molecule has 0 unspecified atom stereocenters. The standard InChI is InChI=1S/C13H14F3N3S/c1-2-6-17-8-11-18-19-12(20-11)9-4-3-5-10(7-9)13(14,15)16/h3-5,7,17H,2,6,8H2,1H3. The minimum atomic E-state index is -4.34. The van der Waals surface area contributed by atoms with Gasteiger partial charge in [-0.1, -0.05) is 30.4 Å². The summed E-state index contributed by atoms with van der Waals surface area (Å²) >= 11 is 1.30. The number of rotatable bonds is 5. The Morgan fingerprint density at radius 2 is 2.05 bits per heavy atom. The monoisotopic (exact) mass is 301 g/mol. The maximum Gasteiger partial charge on any atom is 0.416 e. The average Bonchev–Trinajstić information content (AvgIpc) is 2.87. The van der Waals surface area contributed by atoms with E-state index in [-0.39, 0.29) is 0 Å². The van der Waals surface area contributed by atoms with Crippen LogP contribution in [0.4, 0.5) is 13.2 Å². The molecule has 0 bridgehead atoms. The molecule has 0 aliphatic heterocycles. The maximum atomic E-state index is 12.7. The van der Waals surface area contributed by atoms with E-state index in [1.165, 1.54) is 17.4 Å². The average molecular weight is 301 g/mol. The minimum absolute atomic E-state index is 0.444. The molecule has 1 aromatic heterocycles. The molecular formula is C13H14F3N3S. The van der Waals surface area contributed by atoms with Gasteiger partial charge in [0.05, 0.1) is 5.56 Å². The van der Waals surface area contributed by atoms with Gasteiger partial charge in [0, 0.05) is 12.1 Å². The van der Waals surface area contributed by atoms with Crippen LogP contribution in [0.15, 0.2) is 24.3 Å². The Morgan fingerprint density at radius 3 is 2.75 bits per heavy atom. The molecule has 2 aromatic rings. The number of nitrogens with one attached hydrogen (secondary N) is 1. The fraction of sp³-hybridized carbons (Fsp3) is 0.385. The van der Waals surface area contributed by atoms with Crippen LogP contribution in [0.25, 0.3) is 10.6 Å². The quantitative estimate of drug-likeness (QED) is 0.855. The van der Waals surface area contributed by atoms with Gasteiger partial charge in [-0.15, -0.1) is 10.2 Å². The lowest BCUT2D eigenvalue weighted by Gasteiger charge is -2.06. The molecule has 0 amide bonds. The highest BCUT2D eigenvalue weighted by Gasteiger charge is 2.30. The minimum Gasteiger partial charge on any atom is -0.310 e. The van der Waals surface area contributed by atoms with E-state index in [0.717, 1.165) is 30.1 Å². The molecule has 7 heteroatoms. The Morgan fingerprint density at radius 1 is 1.25 bits per heavy atom. The highest BCUT2D eigenvalue weighted by atomic mass is 32.1. The van der Waals surface area contributed by atoms with Crippen molar-refractivity contribution < 1.29 is 13.2 Å². The molecule has 0 aliphatic rings. The molecule has 0 saturated heterocycles. The largest absolute Gasteiger partial charge is 0.416 e. The summed E-state index contributed by atoms with van der Waals surface area (Å²) in [6.45, 7) is 3.52. The smallest absolute Gasteiger partial charge is 0.310 e. The van der Waals surface area contributed by atoms with Crippen molar-refractivity contribution in [3.8, 4) is 10.6 Å². The molecule has 0 radical (unpaired) electrons. The first-order valence-electron chi connectivity index (χ1n) is 6.21. The summed E-state index contributed by atoms with van der Waals surface area (Å²) in [7, 11) is 0. The summed E-state index contributed by atoms with van der Waals surface area (Å²) in [6, 6.07) is 5.14. The van der Waals surface area contributed by atoms with Gasteiger partial charge >= 0.3 is 6.18 Å². The maximum absolute atomic E-state index is 12.7. The normalized spacial score (nSPS) is 11.8. The molecule has 1 heterocycles. The topological polar surface area (TPSA) is 37.8 Å². The number of hydrogen-bond acceptors (Lipinski definition) is 4. The molecule has 3 nitrogen and oxygen atoms in total. The van der Waals surface area contributed by atoms with Crippen molar-refractivity contribution >= 4 is 11.3 Å². The van der Waals surface area contributed by atoms with Crippen molar-refractivity contribution in [1.29, 1.82) is 0 Å². The van der Waals surface area contributed by atoms with E-state index in [0.29, 0.717) is 17.1 Å². The van der Waals surface area contributed by atoms with Gasteiger partial charge in [0.25, 0.3) is 0 Å². The Bertz CT molecular complexity index is 566. The third-order valence-corrected chi connectivity index (χ3v) is 3.58. The number of aromatic nitrogens is 2. The summed E-state index contributed by atoms with van der Waals surface area (Å²) in [5.41, 5.74) is -0.227. The van der Waals surface area contributed by atoms with Gasteiger partial charge in [0.2, 0.25) is 0 Å². The van der Waals surface area contributed by atoms with Gasteiger partial charge in [-0.3, -0.25) is 0 Å². The van der Waals surface area contributed by atoms with Crippen molar-refractivity contribution in [2.45, 2.75) is 26.1 Å². The molecule has 0 spiro atoms. The lowest BCUT2D eigenvalue weighted by molar-refractivity contribution is -0.137. The number of halogens is 3. The van der Waals surface area contributed by atoms with E-state index in [9.17, 15) is 13.2 Å². The van der Waals surface area contributed by atoms with Crippen LogP contribution in [0.2, 0.25) is 0 Å². The van der Waals surface area contributed by atoms with Crippen molar-refractivity contribution in [3.05, 3.63) is 34.8 Å². The van der Waals surface area contributed by atoms with Crippen LogP contribution < -0.4 is 5.32 Å². The molecule has 1 N–H and O–H groups in total. The Hall–Kier alpha value is -1.47. The van der Waals surface area contributed by atoms with Gasteiger partial charge in [0.15, 0.2) is 0 Å². The summed E-state index contributed by atoms with van der Waals surface area (Å²) < 4.78 is 38.0. The predicted molar refractivity (Wildman–Crippen MR) is 72.3 cm³/mol. The Balaban J connectivity index is 2.16. The van der Waals surface area contributed by atoms with Crippen LogP contribution in [-0.2, 0) is 12.7 Å². The second-order valence-corrected chi connectivity index (χ2v) is 5.32. The van der Waals surface area contributed by atoms with Crippen LogP contribution in [0, 0.1) is 0 Å². The van der Waals surface area contributed by atoms with Crippen molar-refractivity contribution in [3.63, 3.8) is 0 Å². The Labute approximate surface area is 118 Å². The highest BCUT2D eigenvalue weighted by molar-refractivity contribution is 7.14. The zero-order valence-electron chi connectivity index (χ0n) is 10.9. The molecule has 0 fully saturated rings. The summed E-state index contributed by atoms with van der Waals surface area (Å²) in [6.07, 6.45) is -3.33. The van der Waals surface area contributed by atoms with Crippen LogP contribution >= 0.6 is 11.3 Å². The van der Waals surface area contributed by atoms with E-state index in [2.05, 4.69) is 22.4 Å². The first-order chi connectivity index (χ1) is 9.50. The third kappa shape index (κ3) is 3.77. The number of hydrogen-bond donors (Lipinski definition) is 1. The van der Waals surface area contributed by atoms with Crippen LogP contribution in [0.3, 0.4) is 0 Å². The zero-order valence-corrected chi connectivity index (χ0v) is 11.7. The van der Waals surface area contributed by atoms with Crippen LogP contribution in [0.5, 0.6) is 0 Å². The van der Waals surface area contributed by atoms with Gasteiger partial charge in [0.1, 0.15) is 10.0 Å². The predicted octanol–water partition coefficient (Wildman–Crippen LogP) is 3.72. The molecular weight excluding hydrogens is 287 g/mol. The summed E-state index contributed by atoms with van der Waals surface area (Å²) in [5.74, 6) is 0. The first kappa shape index (κ1) is 14.9. The molecule has 1 aromatic carbocycles. The molecule has 108 valence electrons. The molecule has 0 atom stereocenters. The van der Waals surface area contributed by atoms with Crippen molar-refractivity contribution in [1.82, 2.24) is 15.5 Å². The summed E-state index contributed by atoms with van der Waals surface area (Å²) in [5, 5.41) is 12.4. The van der Waals surface area contributed by atoms with E-state index in [1.54, 1.807) is 6.07 Å². The molecule has 20 heavy (non-hydrogen) atoms. The lowest BCUT2D eigenvalue weighted by Crippen LogP contribution is -2.13. The van der Waals surface area contributed by atoms with E-state index < -0.39 is 11.7 Å². The van der Waals surface area contributed by atoms with Crippen LogP contribution in [0.1, 0.15) is 23.9 Å². The Kier molecular flexibility index (Phi) is 4.72. The van der Waals surface area contributed by atoms with Gasteiger partial charge < -0.3 is 5.32 Å². The second-order valence-electron chi connectivity index (χ2n) is 4.26. The number of benzene rings is 1. The molecule has 0 saturated carbocycles. The van der Waals surface area contributed by atoms with E-state index >= 15 is 0 Å². The lowest BCUT2D eigenvalue weighted by atomic mass is 10.1. The molecule has 2 rings (SSSR count). The van der Waals surface area contributed by atoms with E-state index in [1.807, 2.05) is 0 Å². The van der Waals surface area contributed by atoms with Crippen molar-refractivity contribution in [2.24, 2.45) is 0 Å². The van der Waals surface area contributed by atoms with Crippen LogP contribution in [-0.4, -0.2) is 16.7 Å². The third-order valence-electron chi connectivity index (χ3n) is 2.61.